The lowest BCUT2D eigenvalue weighted by molar-refractivity contribution is 0.368. The van der Waals surface area contributed by atoms with Crippen molar-refractivity contribution in [3.8, 4) is 0 Å². The van der Waals surface area contributed by atoms with Crippen LogP contribution >= 0.6 is 0 Å². The fourth-order valence-corrected chi connectivity index (χ4v) is 5.81. The Labute approximate surface area is 111 Å². The average Bonchev–Trinajstić information content (AvgIpc) is 2.11. The molecule has 1 aromatic rings. The molecule has 1 atom stereocenters. The van der Waals surface area contributed by atoms with E-state index in [4.69, 9.17) is 2.74 Å². The van der Waals surface area contributed by atoms with Crippen LogP contribution in [0.15, 0.2) is 24.3 Å². The summed E-state index contributed by atoms with van der Waals surface area (Å²) in [4.78, 5) is 0. The van der Waals surface area contributed by atoms with Gasteiger partial charge in [-0.2, -0.15) is 0 Å². The Balaban J connectivity index is 3.41. The first kappa shape index (κ1) is 11.5. The van der Waals surface area contributed by atoms with Crippen molar-refractivity contribution in [2.75, 3.05) is 0 Å². The van der Waals surface area contributed by atoms with Gasteiger partial charge in [0.2, 0.25) is 0 Å². The van der Waals surface area contributed by atoms with Crippen LogP contribution in [0.4, 0.5) is 0 Å². The SMILES string of the molecule is [2H]C([2H])(c1ccccc1C)C(C(C)(C)C)[Si](C)(C)C. The van der Waals surface area contributed by atoms with E-state index >= 15 is 0 Å². The first-order valence-electron chi connectivity index (χ1n) is 7.44. The predicted molar refractivity (Wildman–Crippen MR) is 81.4 cm³/mol. The van der Waals surface area contributed by atoms with Crippen LogP contribution in [0.3, 0.4) is 0 Å². The quantitative estimate of drug-likeness (QED) is 0.639. The van der Waals surface area contributed by atoms with E-state index in [0.717, 1.165) is 11.1 Å². The standard InChI is InChI=1S/C16H28Si/c1-13-10-8-9-11-14(13)12-15(16(2,3)4)17(5,6)7/h8-11,15H,12H2,1-7H3/i12D2. The van der Waals surface area contributed by atoms with Gasteiger partial charge in [-0.05, 0) is 35.4 Å². The molecule has 0 heterocycles. The smallest absolute Gasteiger partial charge is 0.0482 e. The maximum absolute atomic E-state index is 8.78. The van der Waals surface area contributed by atoms with Crippen LogP contribution in [0.2, 0.25) is 25.2 Å². The molecule has 1 heteroatoms. The maximum Gasteiger partial charge on any atom is 0.0482 e. The van der Waals surface area contributed by atoms with Gasteiger partial charge in [0.05, 0.1) is 0 Å². The molecular weight excluding hydrogens is 220 g/mol. The Bertz CT molecular complexity index is 425. The monoisotopic (exact) mass is 250 g/mol. The average molecular weight is 250 g/mol. The molecule has 0 spiro atoms. The van der Waals surface area contributed by atoms with Crippen molar-refractivity contribution in [3.05, 3.63) is 35.4 Å². The second-order valence-electron chi connectivity index (χ2n) is 7.12. The Kier molecular flexibility index (Phi) is 3.37. The van der Waals surface area contributed by atoms with Gasteiger partial charge < -0.3 is 0 Å². The van der Waals surface area contributed by atoms with Crippen LogP contribution in [0.5, 0.6) is 0 Å². The molecule has 0 aliphatic carbocycles. The molecule has 0 aliphatic rings. The van der Waals surface area contributed by atoms with E-state index in [2.05, 4.69) is 40.4 Å². The van der Waals surface area contributed by atoms with Gasteiger partial charge in [-0.25, -0.2) is 0 Å². The van der Waals surface area contributed by atoms with Gasteiger partial charge in [0.25, 0.3) is 0 Å². The van der Waals surface area contributed by atoms with Gasteiger partial charge >= 0.3 is 0 Å². The van der Waals surface area contributed by atoms with E-state index in [-0.39, 0.29) is 11.0 Å². The molecule has 0 amide bonds. The van der Waals surface area contributed by atoms with Crippen LogP contribution in [-0.2, 0) is 6.37 Å². The van der Waals surface area contributed by atoms with Gasteiger partial charge in [-0.1, -0.05) is 64.7 Å². The third kappa shape index (κ3) is 3.99. The van der Waals surface area contributed by atoms with E-state index in [1.807, 2.05) is 31.2 Å². The molecule has 0 N–H and O–H groups in total. The first-order chi connectivity index (χ1) is 8.38. The molecule has 17 heavy (non-hydrogen) atoms. The van der Waals surface area contributed by atoms with Crippen molar-refractivity contribution in [2.24, 2.45) is 5.41 Å². The lowest BCUT2D eigenvalue weighted by Crippen LogP contribution is -2.38. The van der Waals surface area contributed by atoms with Crippen molar-refractivity contribution in [2.45, 2.75) is 59.3 Å². The van der Waals surface area contributed by atoms with Crippen molar-refractivity contribution in [3.63, 3.8) is 0 Å². The lowest BCUT2D eigenvalue weighted by Gasteiger charge is -2.40. The number of hydrogen-bond acceptors (Lipinski definition) is 0. The Morgan fingerprint density at radius 3 is 2.12 bits per heavy atom. The highest BCUT2D eigenvalue weighted by atomic mass is 28.3. The van der Waals surface area contributed by atoms with E-state index in [0.29, 0.717) is 0 Å². The van der Waals surface area contributed by atoms with E-state index < -0.39 is 14.4 Å². The van der Waals surface area contributed by atoms with Crippen LogP contribution < -0.4 is 0 Å². The summed E-state index contributed by atoms with van der Waals surface area (Å²) in [7, 11) is -1.64. The van der Waals surface area contributed by atoms with Crippen LogP contribution in [0.1, 0.15) is 34.6 Å². The Morgan fingerprint density at radius 1 is 1.18 bits per heavy atom. The zero-order valence-corrected chi connectivity index (χ0v) is 13.4. The molecule has 0 radical (unpaired) electrons. The number of hydrogen-bond donors (Lipinski definition) is 0. The number of rotatable bonds is 3. The van der Waals surface area contributed by atoms with Crippen LogP contribution in [0, 0.1) is 12.3 Å². The maximum atomic E-state index is 8.78. The van der Waals surface area contributed by atoms with Crippen LogP contribution in [-0.4, -0.2) is 8.07 Å². The van der Waals surface area contributed by atoms with E-state index in [9.17, 15) is 0 Å². The van der Waals surface area contributed by atoms with Crippen LogP contribution in [0.25, 0.3) is 0 Å². The predicted octanol–water partition coefficient (Wildman–Crippen LogP) is 5.29. The Morgan fingerprint density at radius 2 is 1.71 bits per heavy atom. The molecular formula is C16H28Si. The molecule has 0 aromatic heterocycles. The summed E-state index contributed by atoms with van der Waals surface area (Å²) >= 11 is 0. The summed E-state index contributed by atoms with van der Waals surface area (Å²) in [6.07, 6.45) is -1.27. The zero-order chi connectivity index (χ0) is 15.1. The molecule has 96 valence electrons. The second-order valence-corrected chi connectivity index (χ2v) is 12.4. The number of aryl methyl sites for hydroxylation is 1. The molecule has 0 aliphatic heterocycles. The third-order valence-electron chi connectivity index (χ3n) is 3.18. The minimum atomic E-state index is -1.64. The second kappa shape index (κ2) is 4.97. The molecule has 0 fully saturated rings. The van der Waals surface area contributed by atoms with Crippen molar-refractivity contribution < 1.29 is 2.74 Å². The molecule has 0 bridgehead atoms. The lowest BCUT2D eigenvalue weighted by atomic mass is 9.87. The van der Waals surface area contributed by atoms with Crippen molar-refractivity contribution in [1.82, 2.24) is 0 Å². The highest BCUT2D eigenvalue weighted by Crippen LogP contribution is 2.42. The minimum absolute atomic E-state index is 0.0315. The molecule has 1 rings (SSSR count). The van der Waals surface area contributed by atoms with Gasteiger partial charge in [0, 0.05) is 10.8 Å². The topological polar surface area (TPSA) is 0 Å². The fourth-order valence-electron chi connectivity index (χ4n) is 2.62. The fraction of sp³-hybridized carbons (Fsp3) is 0.625. The van der Waals surface area contributed by atoms with Gasteiger partial charge in [0.15, 0.2) is 0 Å². The summed E-state index contributed by atoms with van der Waals surface area (Å²) in [6, 6.07) is 7.89. The number of benzene rings is 1. The Hall–Kier alpha value is -0.563. The van der Waals surface area contributed by atoms with Crippen molar-refractivity contribution in [1.29, 1.82) is 0 Å². The largest absolute Gasteiger partial charge is 0.0693 e. The molecule has 0 saturated heterocycles. The van der Waals surface area contributed by atoms with Gasteiger partial charge in [-0.15, -0.1) is 0 Å². The summed E-state index contributed by atoms with van der Waals surface area (Å²) in [5.41, 5.74) is 1.96. The van der Waals surface area contributed by atoms with Crippen molar-refractivity contribution >= 4 is 8.07 Å². The molecule has 0 nitrogen and oxygen atoms in total. The molecule has 0 saturated carbocycles. The highest BCUT2D eigenvalue weighted by molar-refractivity contribution is 6.77. The molecule has 1 aromatic carbocycles. The first-order valence-corrected chi connectivity index (χ1v) is 10.0. The van der Waals surface area contributed by atoms with Gasteiger partial charge in [-0.3, -0.25) is 0 Å². The summed E-state index contributed by atoms with van der Waals surface area (Å²) < 4.78 is 17.6. The third-order valence-corrected chi connectivity index (χ3v) is 5.92. The summed E-state index contributed by atoms with van der Waals surface area (Å²) in [5, 5.41) is 0. The normalized spacial score (nSPS) is 17.4. The minimum Gasteiger partial charge on any atom is -0.0693 e. The van der Waals surface area contributed by atoms with Gasteiger partial charge in [0.1, 0.15) is 0 Å². The highest BCUT2D eigenvalue weighted by Gasteiger charge is 2.36. The zero-order valence-electron chi connectivity index (χ0n) is 14.4. The van der Waals surface area contributed by atoms with E-state index in [1.165, 1.54) is 0 Å². The summed E-state index contributed by atoms with van der Waals surface area (Å²) in [5.74, 6) is 0. The van der Waals surface area contributed by atoms with E-state index in [1.54, 1.807) is 0 Å². The molecule has 1 unspecified atom stereocenters. The summed E-state index contributed by atoms with van der Waals surface area (Å²) in [6.45, 7) is 15.4.